The molecule has 16 atom stereocenters. The number of hydrogen-bond acceptors (Lipinski definition) is 22. The molecule has 4 heterocycles. The van der Waals surface area contributed by atoms with Gasteiger partial charge < -0.3 is 81.2 Å². The molecular formula is C89H82N6O24. The summed E-state index contributed by atoms with van der Waals surface area (Å²) in [5.41, 5.74) is 15.9. The number of nitrogen functional groups attached to an aromatic ring is 2. The number of carboxylic acid groups (broad SMARTS) is 2. The third kappa shape index (κ3) is 15.2. The Labute approximate surface area is 679 Å². The lowest BCUT2D eigenvalue weighted by Gasteiger charge is -2.63. The van der Waals surface area contributed by atoms with Gasteiger partial charge >= 0.3 is 35.8 Å². The number of fused-ring (bicyclic) bond motifs is 15. The number of ether oxygens (including phenoxy) is 8. The molecule has 30 nitrogen and oxygen atoms in total. The summed E-state index contributed by atoms with van der Waals surface area (Å²) < 4.78 is 44.3. The van der Waals surface area contributed by atoms with Gasteiger partial charge in [0.25, 0.3) is 0 Å². The number of carbonyl (C=O) groups is 12. The van der Waals surface area contributed by atoms with Crippen molar-refractivity contribution in [2.45, 2.75) is 21.3 Å². The van der Waals surface area contributed by atoms with Gasteiger partial charge in [0.2, 0.25) is 35.4 Å². The Balaban J connectivity index is 0.000000143. The smallest absolute Gasteiger partial charge is 0.317 e. The molecule has 612 valence electrons. The van der Waals surface area contributed by atoms with Crippen molar-refractivity contribution in [3.8, 4) is 69.0 Å². The molecule has 19 rings (SSSR count). The molecule has 10 aliphatic rings. The van der Waals surface area contributed by atoms with Crippen LogP contribution in [0.1, 0.15) is 18.6 Å². The summed E-state index contributed by atoms with van der Waals surface area (Å²) in [6.45, 7) is 4.01. The lowest BCUT2D eigenvalue weighted by Crippen LogP contribution is -2.73. The van der Waals surface area contributed by atoms with Crippen molar-refractivity contribution in [3.63, 3.8) is 0 Å². The van der Waals surface area contributed by atoms with Gasteiger partial charge in [-0.1, -0.05) is 61.0 Å². The number of rotatable bonds is 18. The maximum atomic E-state index is 13.3. The summed E-state index contributed by atoms with van der Waals surface area (Å²) in [6.07, 6.45) is 0. The number of cyclic esters (lactones) is 4. The van der Waals surface area contributed by atoms with Crippen molar-refractivity contribution >= 4 is 94.0 Å². The highest BCUT2D eigenvalue weighted by molar-refractivity contribution is 6.24. The van der Waals surface area contributed by atoms with Crippen molar-refractivity contribution in [2.24, 2.45) is 107 Å². The molecule has 16 unspecified atom stereocenters. The third-order valence-corrected chi connectivity index (χ3v) is 23.6. The fraction of sp³-hybridized carbons (Fsp3) is 0.258. The number of aliphatic carboxylic acids is 2. The fourth-order valence-corrected chi connectivity index (χ4v) is 18.3. The van der Waals surface area contributed by atoms with Crippen LogP contribution in [0.5, 0.6) is 69.0 Å². The summed E-state index contributed by atoms with van der Waals surface area (Å²) in [5, 5.41) is 24.4. The highest BCUT2D eigenvalue weighted by Gasteiger charge is 2.81. The first-order chi connectivity index (χ1) is 55.8. The number of nitrogens with zero attached hydrogens (tertiary/aromatic N) is 2. The van der Waals surface area contributed by atoms with E-state index >= 15 is 0 Å². The zero-order chi connectivity index (χ0) is 81.4. The predicted molar refractivity (Wildman–Crippen MR) is 424 cm³/mol. The second-order valence-corrected chi connectivity index (χ2v) is 30.1. The maximum Gasteiger partial charge on any atom is 0.317 e. The minimum Gasteiger partial charge on any atom is -0.481 e. The van der Waals surface area contributed by atoms with Gasteiger partial charge in [0, 0.05) is 49.4 Å². The van der Waals surface area contributed by atoms with Crippen LogP contribution in [-0.2, 0) is 67.0 Å². The summed E-state index contributed by atoms with van der Waals surface area (Å²) in [6, 6.07) is 65.1. The van der Waals surface area contributed by atoms with Gasteiger partial charge in [-0.3, -0.25) is 67.3 Å². The zero-order valence-electron chi connectivity index (χ0n) is 63.3. The molecule has 30 heteroatoms. The number of benzene rings is 9. The van der Waals surface area contributed by atoms with Gasteiger partial charge in [-0.05, 0) is 207 Å². The second kappa shape index (κ2) is 33.2. The highest BCUT2D eigenvalue weighted by atomic mass is 16.6. The number of anilines is 4. The molecule has 0 radical (unpaired) electrons. The highest BCUT2D eigenvalue weighted by Crippen LogP contribution is 2.71. The van der Waals surface area contributed by atoms with Crippen LogP contribution < -0.4 is 55.4 Å². The molecule has 9 aromatic rings. The third-order valence-electron chi connectivity index (χ3n) is 23.6. The van der Waals surface area contributed by atoms with E-state index in [0.29, 0.717) is 74.5 Å². The predicted octanol–water partition coefficient (Wildman–Crippen LogP) is 10.6. The Hall–Kier alpha value is -14.3. The Morgan fingerprint density at radius 2 is 0.622 bits per heavy atom. The molecule has 4 aliphatic heterocycles. The average molecular weight is 1620 g/mol. The Kier molecular flexibility index (Phi) is 23.0. The standard InChI is InChI=1S/C30H28N2O8.C30H24N2O6.C18H16N2O2.C10H6O6.CH4.2H2O/c1-15-6-10-17(11-7-15)39-19-4-3-5-20(14-19)40-18-12-8-16(9-13-18)32-28(34)24-21-22(26(24)30(37)38)25(29(35)36)23(21)27(33)31-2;1-15-6-10-17(11-7-15)37-19-4-3-5-20(14-19)38-18-12-8-16(9-13-18)32-29(35)25-21-22(26(25)30(32)36)24-23(21)27(33)31(2)28(24)34;19-13-4-8-15(9-5-13)21-17-2-1-3-18(12-17)22-16-10-6-14(20)7-11-16;11-7-3-1-2(5(3)9(13)15-7)6-4(1)8(12)16-10(6)14;;;/h3-14,21-26H,1-2H3,(H,31,33)(H,32,34)(H,35,36)(H,37,38);3-14,21-26H,1-2H3;1-12H,19-20H2;1-6H;1H4;2*1H2. The van der Waals surface area contributed by atoms with Gasteiger partial charge in [-0.15, -0.1) is 0 Å². The SMILES string of the molecule is C.CNC(=O)C1C(C(=O)O)C2C(C(=O)O)C(C(=O)Nc3ccc(Oc4cccc(Oc5ccc(C)cc5)c4)cc3)C12.Cc1ccc(Oc2cccc(Oc3ccc(N4C(=O)C5C(C4=O)C4C6C(=O)N(C)C(=O)C6C54)cc3)c2)cc1.Nc1ccc(Oc2cccc(Oc3ccc(N)cc3)c2)cc1.O.O.O=C1OC(=O)C2C1C1C3C(=O)OC(=O)C3C21. The molecule has 119 heavy (non-hydrogen) atoms. The van der Waals surface area contributed by atoms with E-state index in [1.54, 1.807) is 97.1 Å². The van der Waals surface area contributed by atoms with Crippen molar-refractivity contribution in [3.05, 3.63) is 230 Å². The minimum atomic E-state index is -1.25. The van der Waals surface area contributed by atoms with E-state index in [4.69, 9.17) is 39.9 Å². The van der Waals surface area contributed by atoms with Crippen LogP contribution in [0, 0.1) is 120 Å². The number of carbonyl (C=O) groups excluding carboxylic acids is 10. The van der Waals surface area contributed by atoms with Gasteiger partial charge in [0.1, 0.15) is 69.0 Å². The Morgan fingerprint density at radius 3 is 0.933 bits per heavy atom. The van der Waals surface area contributed by atoms with Crippen LogP contribution in [0.25, 0.3) is 0 Å². The van der Waals surface area contributed by atoms with E-state index in [1.165, 1.54) is 19.0 Å². The molecule has 10 fully saturated rings. The molecule has 0 spiro atoms. The second-order valence-electron chi connectivity index (χ2n) is 30.1. The van der Waals surface area contributed by atoms with E-state index in [9.17, 15) is 67.7 Å². The van der Waals surface area contributed by atoms with Gasteiger partial charge in [-0.25, -0.2) is 0 Å². The van der Waals surface area contributed by atoms with Crippen molar-refractivity contribution < 1.29 is 117 Å². The van der Waals surface area contributed by atoms with Crippen molar-refractivity contribution in [1.29, 1.82) is 0 Å². The number of hydrogen-bond donors (Lipinski definition) is 6. The topological polar surface area (TPSA) is 465 Å². The first-order valence-corrected chi connectivity index (χ1v) is 37.4. The van der Waals surface area contributed by atoms with E-state index < -0.39 is 130 Å². The van der Waals surface area contributed by atoms with E-state index in [-0.39, 0.29) is 65.7 Å². The van der Waals surface area contributed by atoms with Crippen LogP contribution >= 0.6 is 0 Å². The molecule has 4 saturated heterocycles. The van der Waals surface area contributed by atoms with Gasteiger partial charge in [0.15, 0.2) is 0 Å². The summed E-state index contributed by atoms with van der Waals surface area (Å²) in [4.78, 5) is 148. The monoisotopic (exact) mass is 1620 g/mol. The Morgan fingerprint density at radius 1 is 0.353 bits per heavy atom. The zero-order valence-corrected chi connectivity index (χ0v) is 63.3. The molecule has 0 aromatic heterocycles. The van der Waals surface area contributed by atoms with Crippen molar-refractivity contribution in [2.75, 3.05) is 35.8 Å². The van der Waals surface area contributed by atoms with E-state index in [0.717, 1.165) is 33.3 Å². The first kappa shape index (κ1) is 82.7. The number of esters is 4. The normalized spacial score (nSPS) is 26.3. The quantitative estimate of drug-likeness (QED) is 0.0201. The summed E-state index contributed by atoms with van der Waals surface area (Å²) in [5.74, 6) is -9.76. The number of nitrogens with two attached hydrogens (primary N) is 2. The van der Waals surface area contributed by atoms with E-state index in [1.807, 2.05) is 135 Å². The fourth-order valence-electron chi connectivity index (χ4n) is 18.3. The number of amides is 6. The van der Waals surface area contributed by atoms with Gasteiger partial charge in [0.05, 0.1) is 76.7 Å². The maximum absolute atomic E-state index is 13.3. The van der Waals surface area contributed by atoms with Crippen LogP contribution in [0.15, 0.2) is 218 Å². The number of carboxylic acids is 2. The molecule has 6 amide bonds. The number of imide groups is 2. The molecular weight excluding hydrogens is 1540 g/mol. The molecule has 0 bridgehead atoms. The van der Waals surface area contributed by atoms with Crippen LogP contribution in [0.2, 0.25) is 0 Å². The average Bonchev–Trinajstić information content (AvgIpc) is 1.49. The molecule has 12 N–H and O–H groups in total. The summed E-state index contributed by atoms with van der Waals surface area (Å²) >= 11 is 0. The largest absolute Gasteiger partial charge is 0.481 e. The lowest BCUT2D eigenvalue weighted by atomic mass is 9.37. The number of likely N-dealkylation sites (tertiary alicyclic amines) is 1. The molecule has 6 saturated carbocycles. The number of nitrogens with one attached hydrogen (secondary N) is 2. The Bertz CT molecular complexity index is 5300. The van der Waals surface area contributed by atoms with Crippen LogP contribution in [0.3, 0.4) is 0 Å². The lowest BCUT2D eigenvalue weighted by molar-refractivity contribution is -0.221. The first-order valence-electron chi connectivity index (χ1n) is 37.4. The molecule has 6 aliphatic carbocycles. The summed E-state index contributed by atoms with van der Waals surface area (Å²) in [7, 11) is 2.86. The molecule has 9 aromatic carbocycles. The minimum absolute atomic E-state index is 0. The van der Waals surface area contributed by atoms with Crippen molar-refractivity contribution in [1.82, 2.24) is 10.2 Å². The van der Waals surface area contributed by atoms with Crippen LogP contribution in [0.4, 0.5) is 22.7 Å². The number of aryl methyl sites for hydroxylation is 2. The van der Waals surface area contributed by atoms with Crippen LogP contribution in [-0.4, -0.2) is 111 Å². The van der Waals surface area contributed by atoms with E-state index in [2.05, 4.69) is 20.1 Å². The van der Waals surface area contributed by atoms with Gasteiger partial charge in [-0.2, -0.15) is 0 Å².